The summed E-state index contributed by atoms with van der Waals surface area (Å²) in [5.74, 6) is -0.575. The van der Waals surface area contributed by atoms with Crippen molar-refractivity contribution in [2.45, 2.75) is 24.3 Å². The van der Waals surface area contributed by atoms with Crippen molar-refractivity contribution < 1.29 is 17.6 Å². The van der Waals surface area contributed by atoms with E-state index in [0.717, 1.165) is 35.9 Å². The van der Waals surface area contributed by atoms with Crippen molar-refractivity contribution in [3.05, 3.63) is 58.9 Å². The first-order chi connectivity index (χ1) is 11.9. The van der Waals surface area contributed by atoms with Gasteiger partial charge in [0.1, 0.15) is 5.82 Å². The third kappa shape index (κ3) is 4.00. The minimum absolute atomic E-state index is 0.0750. The van der Waals surface area contributed by atoms with E-state index in [-0.39, 0.29) is 22.4 Å². The molecule has 25 heavy (non-hydrogen) atoms. The molecule has 2 aromatic rings. The second kappa shape index (κ2) is 7.11. The standard InChI is InChI=1S/C17H16ClFN2O3S/c18-15-10-14(7-8-16(15)19)25(23,24)20-11-12-3-5-13(6-4-12)21-9-1-2-17(21)22/h3-8,10,20H,1-2,9,11H2. The number of hydrogen-bond donors (Lipinski definition) is 1. The third-order valence-corrected chi connectivity index (χ3v) is 5.68. The topological polar surface area (TPSA) is 66.5 Å². The van der Waals surface area contributed by atoms with Crippen molar-refractivity contribution in [1.82, 2.24) is 4.72 Å². The molecule has 0 radical (unpaired) electrons. The van der Waals surface area contributed by atoms with Crippen LogP contribution in [0.15, 0.2) is 47.4 Å². The average molecular weight is 383 g/mol. The number of anilines is 1. The molecule has 0 spiro atoms. The first kappa shape index (κ1) is 17.8. The smallest absolute Gasteiger partial charge is 0.240 e. The van der Waals surface area contributed by atoms with Gasteiger partial charge >= 0.3 is 0 Å². The zero-order chi connectivity index (χ0) is 18.0. The normalized spacial score (nSPS) is 15.0. The Morgan fingerprint density at radius 2 is 1.88 bits per heavy atom. The van der Waals surface area contributed by atoms with Gasteiger partial charge in [-0.3, -0.25) is 4.79 Å². The Kier molecular flexibility index (Phi) is 5.08. The maximum atomic E-state index is 13.2. The first-order valence-electron chi connectivity index (χ1n) is 7.71. The molecular formula is C17H16ClFN2O3S. The highest BCUT2D eigenvalue weighted by atomic mass is 35.5. The van der Waals surface area contributed by atoms with Gasteiger partial charge in [0.05, 0.1) is 9.92 Å². The molecular weight excluding hydrogens is 367 g/mol. The first-order valence-corrected chi connectivity index (χ1v) is 9.57. The minimum atomic E-state index is -3.80. The van der Waals surface area contributed by atoms with E-state index in [1.807, 2.05) is 0 Å². The molecule has 1 aliphatic heterocycles. The summed E-state index contributed by atoms with van der Waals surface area (Å²) in [6.45, 7) is 0.779. The Bertz CT molecular complexity index is 901. The van der Waals surface area contributed by atoms with Crippen LogP contribution in [0.3, 0.4) is 0 Å². The predicted molar refractivity (Wildman–Crippen MR) is 93.5 cm³/mol. The van der Waals surface area contributed by atoms with Crippen LogP contribution in [-0.4, -0.2) is 20.9 Å². The molecule has 132 valence electrons. The number of nitrogens with one attached hydrogen (secondary N) is 1. The van der Waals surface area contributed by atoms with Crippen molar-refractivity contribution in [2.24, 2.45) is 0 Å². The van der Waals surface area contributed by atoms with Crippen LogP contribution >= 0.6 is 11.6 Å². The number of carbonyl (C=O) groups is 1. The summed E-state index contributed by atoms with van der Waals surface area (Å²) in [5, 5.41) is -0.248. The minimum Gasteiger partial charge on any atom is -0.312 e. The van der Waals surface area contributed by atoms with Crippen LogP contribution in [0.25, 0.3) is 0 Å². The lowest BCUT2D eigenvalue weighted by atomic mass is 10.2. The molecule has 0 aromatic heterocycles. The highest BCUT2D eigenvalue weighted by molar-refractivity contribution is 7.89. The summed E-state index contributed by atoms with van der Waals surface area (Å²) in [4.78, 5) is 13.3. The molecule has 2 aromatic carbocycles. The van der Waals surface area contributed by atoms with Gasteiger partial charge in [0.15, 0.2) is 0 Å². The predicted octanol–water partition coefficient (Wildman–Crippen LogP) is 3.08. The van der Waals surface area contributed by atoms with E-state index < -0.39 is 15.8 Å². The summed E-state index contributed by atoms with van der Waals surface area (Å²) >= 11 is 5.63. The maximum absolute atomic E-state index is 13.2. The van der Waals surface area contributed by atoms with E-state index in [2.05, 4.69) is 4.72 Å². The quantitative estimate of drug-likeness (QED) is 0.864. The fourth-order valence-electron chi connectivity index (χ4n) is 2.62. The van der Waals surface area contributed by atoms with Crippen molar-refractivity contribution in [2.75, 3.05) is 11.4 Å². The molecule has 0 unspecified atom stereocenters. The number of sulfonamides is 1. The summed E-state index contributed by atoms with van der Waals surface area (Å²) in [6, 6.07) is 10.4. The lowest BCUT2D eigenvalue weighted by Gasteiger charge is -2.16. The van der Waals surface area contributed by atoms with E-state index in [9.17, 15) is 17.6 Å². The van der Waals surface area contributed by atoms with Crippen LogP contribution in [-0.2, 0) is 21.4 Å². The van der Waals surface area contributed by atoms with Crippen molar-refractivity contribution in [3.8, 4) is 0 Å². The molecule has 1 heterocycles. The van der Waals surface area contributed by atoms with Gasteiger partial charge in [-0.1, -0.05) is 23.7 Å². The van der Waals surface area contributed by atoms with E-state index in [0.29, 0.717) is 13.0 Å². The number of nitrogens with zero attached hydrogens (tertiary/aromatic N) is 1. The zero-order valence-electron chi connectivity index (χ0n) is 13.2. The second-order valence-electron chi connectivity index (χ2n) is 5.72. The van der Waals surface area contributed by atoms with Crippen LogP contribution in [0.5, 0.6) is 0 Å². The SMILES string of the molecule is O=C1CCCN1c1ccc(CNS(=O)(=O)c2ccc(F)c(Cl)c2)cc1. The summed E-state index contributed by atoms with van der Waals surface area (Å²) < 4.78 is 40.1. The number of hydrogen-bond acceptors (Lipinski definition) is 3. The van der Waals surface area contributed by atoms with Gasteiger partial charge in [0.2, 0.25) is 15.9 Å². The van der Waals surface area contributed by atoms with Gasteiger partial charge in [-0.15, -0.1) is 0 Å². The molecule has 1 amide bonds. The molecule has 0 bridgehead atoms. The van der Waals surface area contributed by atoms with Gasteiger partial charge < -0.3 is 4.90 Å². The van der Waals surface area contributed by atoms with E-state index >= 15 is 0 Å². The summed E-state index contributed by atoms with van der Waals surface area (Å²) in [7, 11) is -3.80. The zero-order valence-corrected chi connectivity index (χ0v) is 14.8. The van der Waals surface area contributed by atoms with E-state index in [1.165, 1.54) is 0 Å². The summed E-state index contributed by atoms with van der Waals surface area (Å²) in [5.41, 5.74) is 1.55. The van der Waals surface area contributed by atoms with Crippen molar-refractivity contribution in [1.29, 1.82) is 0 Å². The highest BCUT2D eigenvalue weighted by Gasteiger charge is 2.21. The Balaban J connectivity index is 1.68. The molecule has 0 aliphatic carbocycles. The van der Waals surface area contributed by atoms with Gasteiger partial charge in [-0.25, -0.2) is 17.5 Å². The average Bonchev–Trinajstić information content (AvgIpc) is 3.02. The largest absolute Gasteiger partial charge is 0.312 e. The number of amides is 1. The van der Waals surface area contributed by atoms with Crippen LogP contribution in [0.4, 0.5) is 10.1 Å². The molecule has 8 heteroatoms. The number of halogens is 2. The van der Waals surface area contributed by atoms with E-state index in [1.54, 1.807) is 29.2 Å². The molecule has 1 aliphatic rings. The lowest BCUT2D eigenvalue weighted by molar-refractivity contribution is -0.117. The summed E-state index contributed by atoms with van der Waals surface area (Å²) in [6.07, 6.45) is 1.41. The Hall–Kier alpha value is -1.96. The molecule has 1 N–H and O–H groups in total. The second-order valence-corrected chi connectivity index (χ2v) is 7.89. The number of rotatable bonds is 5. The van der Waals surface area contributed by atoms with Gasteiger partial charge in [0, 0.05) is 25.2 Å². The fraction of sp³-hybridized carbons (Fsp3) is 0.235. The highest BCUT2D eigenvalue weighted by Crippen LogP contribution is 2.22. The molecule has 1 fully saturated rings. The van der Waals surface area contributed by atoms with Crippen LogP contribution in [0.2, 0.25) is 5.02 Å². The van der Waals surface area contributed by atoms with Gasteiger partial charge in [-0.2, -0.15) is 0 Å². The van der Waals surface area contributed by atoms with Gasteiger partial charge in [0.25, 0.3) is 0 Å². The van der Waals surface area contributed by atoms with Gasteiger partial charge in [-0.05, 0) is 42.3 Å². The monoisotopic (exact) mass is 382 g/mol. The maximum Gasteiger partial charge on any atom is 0.240 e. The fourth-order valence-corrected chi connectivity index (χ4v) is 3.91. The van der Waals surface area contributed by atoms with E-state index in [4.69, 9.17) is 11.6 Å². The van der Waals surface area contributed by atoms with Crippen molar-refractivity contribution >= 4 is 33.2 Å². The molecule has 3 rings (SSSR count). The molecule has 0 saturated carbocycles. The Morgan fingerprint density at radius 3 is 2.48 bits per heavy atom. The Morgan fingerprint density at radius 1 is 1.16 bits per heavy atom. The van der Waals surface area contributed by atoms with Crippen LogP contribution in [0, 0.1) is 5.82 Å². The van der Waals surface area contributed by atoms with Crippen LogP contribution in [0.1, 0.15) is 18.4 Å². The number of carbonyl (C=O) groups excluding carboxylic acids is 1. The molecule has 1 saturated heterocycles. The lowest BCUT2D eigenvalue weighted by Crippen LogP contribution is -2.24. The molecule has 0 atom stereocenters. The molecule has 5 nitrogen and oxygen atoms in total. The number of benzene rings is 2. The third-order valence-electron chi connectivity index (χ3n) is 3.99. The Labute approximate surface area is 150 Å². The van der Waals surface area contributed by atoms with Crippen LogP contribution < -0.4 is 9.62 Å². The van der Waals surface area contributed by atoms with Crippen molar-refractivity contribution in [3.63, 3.8) is 0 Å².